The minimum atomic E-state index is -0.544. The Balaban J connectivity index is 1.74. The fourth-order valence-corrected chi connectivity index (χ4v) is 4.74. The minimum absolute atomic E-state index is 0.0380. The number of fused-ring (bicyclic) bond motifs is 1. The average molecular weight is 480 g/mol. The van der Waals surface area contributed by atoms with Crippen molar-refractivity contribution in [1.29, 1.82) is 0 Å². The second kappa shape index (κ2) is 10.7. The number of nitrogen functional groups attached to an aromatic ring is 1. The van der Waals surface area contributed by atoms with E-state index in [2.05, 4.69) is 27.1 Å². The van der Waals surface area contributed by atoms with Crippen LogP contribution in [0.3, 0.4) is 0 Å². The number of pyridine rings is 2. The zero-order valence-electron chi connectivity index (χ0n) is 21.0. The van der Waals surface area contributed by atoms with Gasteiger partial charge >= 0.3 is 0 Å². The summed E-state index contributed by atoms with van der Waals surface area (Å²) in [5.74, 6) is 0.636. The van der Waals surface area contributed by atoms with Crippen LogP contribution in [-0.4, -0.2) is 54.8 Å². The van der Waals surface area contributed by atoms with E-state index in [1.165, 1.54) is 19.3 Å². The lowest BCUT2D eigenvalue weighted by Crippen LogP contribution is -2.39. The summed E-state index contributed by atoms with van der Waals surface area (Å²) in [6.45, 7) is 6.97. The van der Waals surface area contributed by atoms with Gasteiger partial charge in [0.25, 0.3) is 5.56 Å². The van der Waals surface area contributed by atoms with E-state index in [4.69, 9.17) is 10.7 Å². The van der Waals surface area contributed by atoms with Gasteiger partial charge < -0.3 is 20.7 Å². The van der Waals surface area contributed by atoms with Crippen LogP contribution >= 0.6 is 0 Å². The zero-order valence-corrected chi connectivity index (χ0v) is 21.0. The molecule has 0 amide bonds. The lowest BCUT2D eigenvalue weighted by Gasteiger charge is -2.29. The molecule has 0 spiro atoms. The lowest BCUT2D eigenvalue weighted by molar-refractivity contribution is 0.212. The molecular formula is C26H37N7O2. The van der Waals surface area contributed by atoms with Crippen molar-refractivity contribution in [1.82, 2.24) is 24.4 Å². The van der Waals surface area contributed by atoms with Crippen LogP contribution in [0.25, 0.3) is 22.2 Å². The van der Waals surface area contributed by atoms with E-state index < -0.39 is 5.54 Å². The van der Waals surface area contributed by atoms with Crippen LogP contribution in [-0.2, 0) is 13.6 Å². The number of aryl methyl sites for hydroxylation is 1. The summed E-state index contributed by atoms with van der Waals surface area (Å²) in [6.07, 6.45) is 10.2. The summed E-state index contributed by atoms with van der Waals surface area (Å²) < 4.78 is 1.63. The van der Waals surface area contributed by atoms with Crippen molar-refractivity contribution in [2.45, 2.75) is 64.5 Å². The molecule has 4 rings (SSSR count). The molecule has 1 fully saturated rings. The summed E-state index contributed by atoms with van der Waals surface area (Å²) in [7, 11) is 1.78. The standard InChI is InChI=1S/C26H37N7O2/c1-4-5-9-26(2,17-34)31-24-23-21(29-25(27)30-24)12-18(14-28-23)20-13-22(35)32(3)15-19(20)16-33-10-7-6-8-11-33/h12-15,34H,4-11,16-17H2,1-3H3,(H3,27,29,30,31). The number of aromatic nitrogens is 4. The molecule has 1 saturated heterocycles. The number of hydrogen-bond acceptors (Lipinski definition) is 8. The Bertz CT molecular complexity index is 1240. The van der Waals surface area contributed by atoms with E-state index in [0.717, 1.165) is 55.6 Å². The van der Waals surface area contributed by atoms with Gasteiger partial charge in [-0.15, -0.1) is 0 Å². The van der Waals surface area contributed by atoms with Crippen molar-refractivity contribution < 1.29 is 5.11 Å². The second-order valence-electron chi connectivity index (χ2n) is 9.97. The molecule has 0 radical (unpaired) electrons. The van der Waals surface area contributed by atoms with Crippen molar-refractivity contribution in [2.24, 2.45) is 7.05 Å². The molecular weight excluding hydrogens is 442 g/mol. The molecule has 0 aliphatic carbocycles. The molecule has 4 heterocycles. The van der Waals surface area contributed by atoms with Crippen molar-refractivity contribution in [3.8, 4) is 11.1 Å². The molecule has 35 heavy (non-hydrogen) atoms. The van der Waals surface area contributed by atoms with Gasteiger partial charge in [-0.2, -0.15) is 4.98 Å². The highest BCUT2D eigenvalue weighted by molar-refractivity contribution is 5.89. The number of nitrogens with zero attached hydrogens (tertiary/aromatic N) is 5. The number of hydrogen-bond donors (Lipinski definition) is 3. The maximum absolute atomic E-state index is 12.6. The number of likely N-dealkylation sites (tertiary alicyclic amines) is 1. The van der Waals surface area contributed by atoms with Crippen molar-refractivity contribution >= 4 is 22.8 Å². The number of anilines is 2. The predicted molar refractivity (Wildman–Crippen MR) is 140 cm³/mol. The first kappa shape index (κ1) is 25.1. The van der Waals surface area contributed by atoms with E-state index >= 15 is 0 Å². The molecule has 9 nitrogen and oxygen atoms in total. The van der Waals surface area contributed by atoms with Gasteiger partial charge in [-0.3, -0.25) is 14.7 Å². The number of rotatable bonds is 9. The molecule has 1 atom stereocenters. The van der Waals surface area contributed by atoms with Gasteiger partial charge in [0, 0.05) is 37.6 Å². The van der Waals surface area contributed by atoms with Crippen LogP contribution < -0.4 is 16.6 Å². The highest BCUT2D eigenvalue weighted by Gasteiger charge is 2.25. The number of aliphatic hydroxyl groups is 1. The Labute approximate surface area is 206 Å². The molecule has 0 saturated carbocycles. The molecule has 188 valence electrons. The second-order valence-corrected chi connectivity index (χ2v) is 9.97. The molecule has 3 aromatic heterocycles. The van der Waals surface area contributed by atoms with E-state index in [1.807, 2.05) is 19.2 Å². The lowest BCUT2D eigenvalue weighted by atomic mass is 9.96. The number of unbranched alkanes of at least 4 members (excludes halogenated alkanes) is 1. The monoisotopic (exact) mass is 479 g/mol. The third kappa shape index (κ3) is 5.79. The summed E-state index contributed by atoms with van der Waals surface area (Å²) in [4.78, 5) is 28.5. The molecule has 0 aromatic carbocycles. The zero-order chi connectivity index (χ0) is 25.0. The number of piperidine rings is 1. The maximum Gasteiger partial charge on any atom is 0.250 e. The number of aliphatic hydroxyl groups excluding tert-OH is 1. The van der Waals surface area contributed by atoms with Crippen LogP contribution in [0.1, 0.15) is 57.9 Å². The first-order valence-corrected chi connectivity index (χ1v) is 12.6. The van der Waals surface area contributed by atoms with Gasteiger partial charge in [0.05, 0.1) is 17.7 Å². The Morgan fingerprint density at radius 3 is 2.69 bits per heavy atom. The summed E-state index contributed by atoms with van der Waals surface area (Å²) >= 11 is 0. The fraction of sp³-hybridized carbons (Fsp3) is 0.538. The molecule has 1 aliphatic heterocycles. The summed E-state index contributed by atoms with van der Waals surface area (Å²) in [5.41, 5.74) is 9.40. The Morgan fingerprint density at radius 2 is 1.97 bits per heavy atom. The van der Waals surface area contributed by atoms with Crippen LogP contribution in [0.4, 0.5) is 11.8 Å². The first-order valence-electron chi connectivity index (χ1n) is 12.6. The van der Waals surface area contributed by atoms with Gasteiger partial charge in [-0.1, -0.05) is 26.2 Å². The van der Waals surface area contributed by atoms with Crippen LogP contribution in [0.15, 0.2) is 29.3 Å². The van der Waals surface area contributed by atoms with Crippen LogP contribution in [0, 0.1) is 0 Å². The third-order valence-corrected chi connectivity index (χ3v) is 6.87. The number of nitrogens with one attached hydrogen (secondary N) is 1. The van der Waals surface area contributed by atoms with E-state index in [0.29, 0.717) is 16.9 Å². The molecule has 1 unspecified atom stereocenters. The summed E-state index contributed by atoms with van der Waals surface area (Å²) in [6, 6.07) is 3.60. The SMILES string of the molecule is CCCCC(C)(CO)Nc1nc(N)nc2cc(-c3cc(=O)n(C)cc3CN3CCCCC3)cnc12. The Kier molecular flexibility index (Phi) is 7.66. The fourth-order valence-electron chi connectivity index (χ4n) is 4.74. The van der Waals surface area contributed by atoms with Gasteiger partial charge in [-0.25, -0.2) is 4.98 Å². The highest BCUT2D eigenvalue weighted by atomic mass is 16.3. The van der Waals surface area contributed by atoms with E-state index in [9.17, 15) is 9.90 Å². The Morgan fingerprint density at radius 1 is 1.20 bits per heavy atom. The maximum atomic E-state index is 12.6. The van der Waals surface area contributed by atoms with Gasteiger partial charge in [0.15, 0.2) is 5.82 Å². The third-order valence-electron chi connectivity index (χ3n) is 6.87. The normalized spacial score (nSPS) is 16.3. The van der Waals surface area contributed by atoms with Gasteiger partial charge in [-0.05, 0) is 56.5 Å². The molecule has 1 aliphatic rings. The average Bonchev–Trinajstić information content (AvgIpc) is 2.85. The smallest absolute Gasteiger partial charge is 0.250 e. The van der Waals surface area contributed by atoms with Crippen molar-refractivity contribution in [3.05, 3.63) is 40.4 Å². The van der Waals surface area contributed by atoms with Crippen LogP contribution in [0.5, 0.6) is 0 Å². The molecule has 0 bridgehead atoms. The Hall–Kier alpha value is -3.04. The molecule has 3 aromatic rings. The van der Waals surface area contributed by atoms with Crippen molar-refractivity contribution in [2.75, 3.05) is 30.7 Å². The van der Waals surface area contributed by atoms with E-state index in [-0.39, 0.29) is 18.1 Å². The highest BCUT2D eigenvalue weighted by Crippen LogP contribution is 2.30. The van der Waals surface area contributed by atoms with E-state index in [1.54, 1.807) is 23.9 Å². The topological polar surface area (TPSA) is 122 Å². The number of nitrogens with two attached hydrogens (primary N) is 1. The first-order chi connectivity index (χ1) is 16.8. The molecule has 4 N–H and O–H groups in total. The predicted octanol–water partition coefficient (Wildman–Crippen LogP) is 3.31. The summed E-state index contributed by atoms with van der Waals surface area (Å²) in [5, 5.41) is 13.4. The largest absolute Gasteiger partial charge is 0.394 e. The van der Waals surface area contributed by atoms with Crippen LogP contribution in [0.2, 0.25) is 0 Å². The molecule has 9 heteroatoms. The quantitative estimate of drug-likeness (QED) is 0.427. The minimum Gasteiger partial charge on any atom is -0.394 e. The van der Waals surface area contributed by atoms with Gasteiger partial charge in [0.2, 0.25) is 5.95 Å². The van der Waals surface area contributed by atoms with Crippen molar-refractivity contribution in [3.63, 3.8) is 0 Å². The van der Waals surface area contributed by atoms with Gasteiger partial charge in [0.1, 0.15) is 5.52 Å².